The lowest BCUT2D eigenvalue weighted by Gasteiger charge is -2.00. The van der Waals surface area contributed by atoms with Crippen LogP contribution in [0.25, 0.3) is 11.1 Å². The number of unbranched alkanes of at least 4 members (excludes halogenated alkanes) is 8. The van der Waals surface area contributed by atoms with Crippen LogP contribution >= 0.6 is 11.6 Å². The first kappa shape index (κ1) is 16.4. The van der Waals surface area contributed by atoms with E-state index in [2.05, 4.69) is 11.9 Å². The lowest BCUT2D eigenvalue weighted by Crippen LogP contribution is -1.86. The molecule has 0 bridgehead atoms. The van der Waals surface area contributed by atoms with Gasteiger partial charge < -0.3 is 4.42 Å². The Balaban J connectivity index is 1.59. The van der Waals surface area contributed by atoms with Gasteiger partial charge in [-0.05, 0) is 24.6 Å². The molecule has 0 atom stereocenters. The topological polar surface area (TPSA) is 26.0 Å². The van der Waals surface area contributed by atoms with E-state index < -0.39 is 0 Å². The van der Waals surface area contributed by atoms with Crippen LogP contribution in [0.5, 0.6) is 0 Å². The first-order valence-corrected chi connectivity index (χ1v) is 8.72. The average Bonchev–Trinajstić information content (AvgIpc) is 2.87. The first-order valence-electron chi connectivity index (χ1n) is 8.34. The van der Waals surface area contributed by atoms with Gasteiger partial charge in [-0.15, -0.1) is 0 Å². The summed E-state index contributed by atoms with van der Waals surface area (Å²) >= 11 is 5.95. The molecule has 0 radical (unpaired) electrons. The number of halogens is 1. The molecule has 0 saturated carbocycles. The Bertz CT molecular complexity index is 535. The predicted octanol–water partition coefficient (Wildman–Crippen LogP) is 6.55. The third kappa shape index (κ3) is 5.70. The molecule has 2 nitrogen and oxygen atoms in total. The molecule has 0 amide bonds. The van der Waals surface area contributed by atoms with E-state index in [1.807, 2.05) is 18.2 Å². The van der Waals surface area contributed by atoms with Crippen molar-refractivity contribution in [2.24, 2.45) is 0 Å². The summed E-state index contributed by atoms with van der Waals surface area (Å²) in [4.78, 5) is 4.49. The van der Waals surface area contributed by atoms with Crippen LogP contribution in [0.1, 0.15) is 70.6 Å². The van der Waals surface area contributed by atoms with Gasteiger partial charge in [-0.1, -0.05) is 69.9 Å². The molecule has 2 rings (SSSR count). The molecule has 0 N–H and O–H groups in total. The number of hydrogen-bond donors (Lipinski definition) is 0. The van der Waals surface area contributed by atoms with Crippen LogP contribution in [-0.4, -0.2) is 4.98 Å². The minimum atomic E-state index is 0.713. The zero-order valence-electron chi connectivity index (χ0n) is 13.0. The van der Waals surface area contributed by atoms with E-state index in [1.54, 1.807) is 0 Å². The van der Waals surface area contributed by atoms with Crippen LogP contribution in [0.3, 0.4) is 0 Å². The smallest absolute Gasteiger partial charge is 0.195 e. The molecule has 0 fully saturated rings. The highest BCUT2D eigenvalue weighted by atomic mass is 35.5. The van der Waals surface area contributed by atoms with Crippen molar-refractivity contribution in [1.82, 2.24) is 4.98 Å². The molecule has 3 heteroatoms. The largest absolute Gasteiger partial charge is 0.441 e. The number of benzene rings is 1. The van der Waals surface area contributed by atoms with E-state index in [1.165, 1.54) is 51.4 Å². The summed E-state index contributed by atoms with van der Waals surface area (Å²) in [7, 11) is 0. The average molecular weight is 308 g/mol. The van der Waals surface area contributed by atoms with Crippen LogP contribution in [0.4, 0.5) is 0 Å². The number of oxazole rings is 1. The van der Waals surface area contributed by atoms with Crippen molar-refractivity contribution in [3.8, 4) is 0 Å². The Morgan fingerprint density at radius 2 is 1.62 bits per heavy atom. The van der Waals surface area contributed by atoms with Crippen molar-refractivity contribution in [3.63, 3.8) is 0 Å². The second-order valence-corrected chi connectivity index (χ2v) is 6.23. The molecule has 21 heavy (non-hydrogen) atoms. The Kier molecular flexibility index (Phi) is 7.08. The Labute approximate surface area is 132 Å². The van der Waals surface area contributed by atoms with E-state index in [0.29, 0.717) is 5.02 Å². The van der Waals surface area contributed by atoms with E-state index in [9.17, 15) is 0 Å². The van der Waals surface area contributed by atoms with Gasteiger partial charge in [0, 0.05) is 11.4 Å². The maximum atomic E-state index is 5.95. The van der Waals surface area contributed by atoms with Gasteiger partial charge in [0.1, 0.15) is 5.52 Å². The van der Waals surface area contributed by atoms with Crippen LogP contribution < -0.4 is 0 Å². The van der Waals surface area contributed by atoms with Gasteiger partial charge in [0.25, 0.3) is 0 Å². The quantitative estimate of drug-likeness (QED) is 0.465. The molecule has 0 saturated heterocycles. The van der Waals surface area contributed by atoms with Crippen molar-refractivity contribution in [2.75, 3.05) is 0 Å². The minimum Gasteiger partial charge on any atom is -0.441 e. The zero-order chi connectivity index (χ0) is 14.9. The van der Waals surface area contributed by atoms with Crippen molar-refractivity contribution in [2.45, 2.75) is 71.1 Å². The summed E-state index contributed by atoms with van der Waals surface area (Å²) < 4.78 is 5.73. The Hall–Kier alpha value is -1.02. The molecule has 116 valence electrons. The van der Waals surface area contributed by atoms with Crippen LogP contribution in [0.2, 0.25) is 5.02 Å². The molecule has 1 aromatic carbocycles. The van der Waals surface area contributed by atoms with Gasteiger partial charge in [0.15, 0.2) is 11.5 Å². The van der Waals surface area contributed by atoms with E-state index in [4.69, 9.17) is 16.0 Å². The molecule has 2 aromatic rings. The third-order valence-electron chi connectivity index (χ3n) is 3.89. The molecule has 1 heterocycles. The lowest BCUT2D eigenvalue weighted by atomic mass is 10.1. The lowest BCUT2D eigenvalue weighted by molar-refractivity contribution is 0.502. The molecular weight excluding hydrogens is 282 g/mol. The highest BCUT2D eigenvalue weighted by molar-refractivity contribution is 6.31. The molecule has 0 unspecified atom stereocenters. The monoisotopic (exact) mass is 307 g/mol. The predicted molar refractivity (Wildman–Crippen MR) is 90.0 cm³/mol. The normalized spacial score (nSPS) is 11.3. The van der Waals surface area contributed by atoms with Crippen LogP contribution in [0, 0.1) is 0 Å². The highest BCUT2D eigenvalue weighted by Gasteiger charge is 2.05. The fourth-order valence-corrected chi connectivity index (χ4v) is 2.81. The number of aryl methyl sites for hydroxylation is 1. The summed E-state index contributed by atoms with van der Waals surface area (Å²) in [6.45, 7) is 2.26. The molecule has 0 aliphatic heterocycles. The van der Waals surface area contributed by atoms with E-state index in [0.717, 1.165) is 29.8 Å². The number of aromatic nitrogens is 1. The maximum Gasteiger partial charge on any atom is 0.195 e. The first-order chi connectivity index (χ1) is 10.3. The second-order valence-electron chi connectivity index (χ2n) is 5.80. The summed E-state index contributed by atoms with van der Waals surface area (Å²) in [6.07, 6.45) is 13.0. The molecule has 0 aliphatic carbocycles. The van der Waals surface area contributed by atoms with E-state index in [-0.39, 0.29) is 0 Å². The van der Waals surface area contributed by atoms with Gasteiger partial charge in [-0.2, -0.15) is 0 Å². The van der Waals surface area contributed by atoms with E-state index >= 15 is 0 Å². The SMILES string of the molecule is CCCCCCCCCCCc1nc2cc(Cl)ccc2o1. The Morgan fingerprint density at radius 3 is 2.33 bits per heavy atom. The zero-order valence-corrected chi connectivity index (χ0v) is 13.8. The van der Waals surface area contributed by atoms with Crippen molar-refractivity contribution >= 4 is 22.7 Å². The van der Waals surface area contributed by atoms with Gasteiger partial charge in [0.2, 0.25) is 0 Å². The molecule has 0 aliphatic rings. The summed E-state index contributed by atoms with van der Waals surface area (Å²) in [6, 6.07) is 5.60. The van der Waals surface area contributed by atoms with Gasteiger partial charge in [-0.3, -0.25) is 0 Å². The fraction of sp³-hybridized carbons (Fsp3) is 0.611. The van der Waals surface area contributed by atoms with Crippen LogP contribution in [-0.2, 0) is 6.42 Å². The summed E-state index contributed by atoms with van der Waals surface area (Å²) in [5.41, 5.74) is 1.71. The molecule has 1 aromatic heterocycles. The third-order valence-corrected chi connectivity index (χ3v) is 4.12. The number of hydrogen-bond acceptors (Lipinski definition) is 2. The summed E-state index contributed by atoms with van der Waals surface area (Å²) in [5, 5.41) is 0.713. The minimum absolute atomic E-state index is 0.713. The second kappa shape index (κ2) is 9.09. The van der Waals surface area contributed by atoms with Gasteiger partial charge in [0.05, 0.1) is 0 Å². The summed E-state index contributed by atoms with van der Waals surface area (Å²) in [5.74, 6) is 0.843. The maximum absolute atomic E-state index is 5.95. The molecular formula is C18H26ClNO. The number of fused-ring (bicyclic) bond motifs is 1. The highest BCUT2D eigenvalue weighted by Crippen LogP contribution is 2.21. The number of nitrogens with zero attached hydrogens (tertiary/aromatic N) is 1. The van der Waals surface area contributed by atoms with Crippen molar-refractivity contribution in [1.29, 1.82) is 0 Å². The number of rotatable bonds is 10. The van der Waals surface area contributed by atoms with Crippen molar-refractivity contribution < 1.29 is 4.42 Å². The van der Waals surface area contributed by atoms with Crippen molar-refractivity contribution in [3.05, 3.63) is 29.1 Å². The van der Waals surface area contributed by atoms with Gasteiger partial charge >= 0.3 is 0 Å². The fourth-order valence-electron chi connectivity index (χ4n) is 2.64. The van der Waals surface area contributed by atoms with Gasteiger partial charge in [-0.25, -0.2) is 4.98 Å². The molecule has 0 spiro atoms. The Morgan fingerprint density at radius 1 is 0.952 bits per heavy atom. The standard InChI is InChI=1S/C18H26ClNO/c1-2-3-4-5-6-7-8-9-10-11-18-20-16-14-15(19)12-13-17(16)21-18/h12-14H,2-11H2,1H3. The van der Waals surface area contributed by atoms with Crippen LogP contribution in [0.15, 0.2) is 22.6 Å².